The minimum atomic E-state index is 0.292. The molecule has 1 unspecified atom stereocenters. The van der Waals surface area contributed by atoms with Gasteiger partial charge < -0.3 is 15.4 Å². The molecule has 0 aliphatic carbocycles. The highest BCUT2D eigenvalue weighted by Crippen LogP contribution is 1.95. The van der Waals surface area contributed by atoms with Gasteiger partial charge in [0.1, 0.15) is 0 Å². The van der Waals surface area contributed by atoms with Crippen LogP contribution in [-0.4, -0.2) is 45.3 Å². The summed E-state index contributed by atoms with van der Waals surface area (Å²) in [4.78, 5) is 2.10. The van der Waals surface area contributed by atoms with E-state index in [4.69, 9.17) is 10.5 Å². The fourth-order valence-electron chi connectivity index (χ4n) is 0.877. The quantitative estimate of drug-likeness (QED) is 0.589. The van der Waals surface area contributed by atoms with Crippen LogP contribution in [0.3, 0.4) is 0 Å². The highest BCUT2D eigenvalue weighted by atomic mass is 16.5. The molecule has 62 valence electrons. The topological polar surface area (TPSA) is 38.5 Å². The van der Waals surface area contributed by atoms with Gasteiger partial charge >= 0.3 is 0 Å². The summed E-state index contributed by atoms with van der Waals surface area (Å²) in [7, 11) is 5.79. The average Bonchev–Trinajstić information content (AvgIpc) is 1.86. The lowest BCUT2D eigenvalue weighted by molar-refractivity contribution is 0.0737. The Labute approximate surface area is 63.1 Å². The van der Waals surface area contributed by atoms with Gasteiger partial charge in [-0.3, -0.25) is 0 Å². The van der Waals surface area contributed by atoms with E-state index in [0.29, 0.717) is 12.6 Å². The normalized spacial score (nSPS) is 14.1. The van der Waals surface area contributed by atoms with Crippen molar-refractivity contribution in [2.24, 2.45) is 5.73 Å². The van der Waals surface area contributed by atoms with Crippen molar-refractivity contribution < 1.29 is 4.74 Å². The Balaban J connectivity index is 3.39. The molecule has 0 bridgehead atoms. The van der Waals surface area contributed by atoms with E-state index in [-0.39, 0.29) is 0 Å². The van der Waals surface area contributed by atoms with Crippen molar-refractivity contribution in [1.29, 1.82) is 0 Å². The van der Waals surface area contributed by atoms with Crippen LogP contribution < -0.4 is 5.73 Å². The average molecular weight is 146 g/mol. The van der Waals surface area contributed by atoms with Crippen LogP contribution in [0.1, 0.15) is 6.42 Å². The summed E-state index contributed by atoms with van der Waals surface area (Å²) in [5.74, 6) is 0. The first-order valence-corrected chi connectivity index (χ1v) is 3.58. The SMILES string of the molecule is COC(CCN)CN(C)C. The van der Waals surface area contributed by atoms with E-state index in [1.807, 2.05) is 14.1 Å². The lowest BCUT2D eigenvalue weighted by atomic mass is 10.2. The van der Waals surface area contributed by atoms with Crippen LogP contribution in [0.2, 0.25) is 0 Å². The molecule has 0 radical (unpaired) electrons. The maximum atomic E-state index is 5.38. The smallest absolute Gasteiger partial charge is 0.0709 e. The van der Waals surface area contributed by atoms with Crippen molar-refractivity contribution in [3.8, 4) is 0 Å². The first-order chi connectivity index (χ1) is 4.70. The second-order valence-electron chi connectivity index (χ2n) is 2.70. The molecular weight excluding hydrogens is 128 g/mol. The molecular formula is C7H18N2O. The molecule has 1 atom stereocenters. The van der Waals surface area contributed by atoms with Crippen molar-refractivity contribution in [3.63, 3.8) is 0 Å². The zero-order valence-electron chi connectivity index (χ0n) is 7.13. The van der Waals surface area contributed by atoms with E-state index in [2.05, 4.69) is 4.90 Å². The number of nitrogens with two attached hydrogens (primary N) is 1. The minimum Gasteiger partial charge on any atom is -0.380 e. The van der Waals surface area contributed by atoms with Crippen molar-refractivity contribution >= 4 is 0 Å². The van der Waals surface area contributed by atoms with Crippen molar-refractivity contribution in [3.05, 3.63) is 0 Å². The molecule has 3 nitrogen and oxygen atoms in total. The third-order valence-corrected chi connectivity index (χ3v) is 1.39. The second-order valence-corrected chi connectivity index (χ2v) is 2.70. The predicted octanol–water partition coefficient (Wildman–Crippen LogP) is -0.0882. The number of nitrogens with zero attached hydrogens (tertiary/aromatic N) is 1. The van der Waals surface area contributed by atoms with Crippen LogP contribution in [0.4, 0.5) is 0 Å². The summed E-state index contributed by atoms with van der Waals surface area (Å²) >= 11 is 0. The van der Waals surface area contributed by atoms with Gasteiger partial charge in [0, 0.05) is 13.7 Å². The summed E-state index contributed by atoms with van der Waals surface area (Å²) < 4.78 is 5.18. The van der Waals surface area contributed by atoms with E-state index in [1.54, 1.807) is 7.11 Å². The zero-order chi connectivity index (χ0) is 7.98. The summed E-state index contributed by atoms with van der Waals surface area (Å²) in [6.45, 7) is 1.65. The van der Waals surface area contributed by atoms with Gasteiger partial charge in [-0.05, 0) is 27.1 Å². The molecule has 3 heteroatoms. The zero-order valence-corrected chi connectivity index (χ0v) is 7.13. The van der Waals surface area contributed by atoms with Crippen LogP contribution in [0, 0.1) is 0 Å². The number of ether oxygens (including phenoxy) is 1. The largest absolute Gasteiger partial charge is 0.380 e. The molecule has 0 aliphatic heterocycles. The van der Waals surface area contributed by atoms with Crippen LogP contribution >= 0.6 is 0 Å². The Hall–Kier alpha value is -0.120. The molecule has 0 saturated carbocycles. The Kier molecular flexibility index (Phi) is 5.58. The van der Waals surface area contributed by atoms with Gasteiger partial charge in [0.15, 0.2) is 0 Å². The lowest BCUT2D eigenvalue weighted by Crippen LogP contribution is -2.29. The molecule has 0 heterocycles. The Morgan fingerprint density at radius 2 is 2.10 bits per heavy atom. The molecule has 2 N–H and O–H groups in total. The van der Waals surface area contributed by atoms with Crippen LogP contribution in [-0.2, 0) is 4.74 Å². The van der Waals surface area contributed by atoms with Gasteiger partial charge in [-0.15, -0.1) is 0 Å². The summed E-state index contributed by atoms with van der Waals surface area (Å²) in [6.07, 6.45) is 1.23. The molecule has 0 aromatic carbocycles. The van der Waals surface area contributed by atoms with E-state index >= 15 is 0 Å². The molecule has 10 heavy (non-hydrogen) atoms. The number of rotatable bonds is 5. The maximum absolute atomic E-state index is 5.38. The van der Waals surface area contributed by atoms with E-state index in [0.717, 1.165) is 13.0 Å². The number of hydrogen-bond donors (Lipinski definition) is 1. The summed E-state index contributed by atoms with van der Waals surface area (Å²) in [5.41, 5.74) is 5.38. The molecule has 0 aliphatic rings. The molecule has 0 amide bonds. The fraction of sp³-hybridized carbons (Fsp3) is 1.00. The third-order valence-electron chi connectivity index (χ3n) is 1.39. The molecule has 0 fully saturated rings. The van der Waals surface area contributed by atoms with Gasteiger partial charge in [-0.1, -0.05) is 0 Å². The van der Waals surface area contributed by atoms with Crippen molar-refractivity contribution in [1.82, 2.24) is 4.90 Å². The number of methoxy groups -OCH3 is 1. The maximum Gasteiger partial charge on any atom is 0.0709 e. The van der Waals surface area contributed by atoms with Crippen molar-refractivity contribution in [2.45, 2.75) is 12.5 Å². The molecule has 0 spiro atoms. The van der Waals surface area contributed by atoms with Crippen LogP contribution in [0.25, 0.3) is 0 Å². The van der Waals surface area contributed by atoms with Gasteiger partial charge in [0.2, 0.25) is 0 Å². The van der Waals surface area contributed by atoms with Gasteiger partial charge in [-0.2, -0.15) is 0 Å². The number of hydrogen-bond acceptors (Lipinski definition) is 3. The Bertz CT molecular complexity index is 76.0. The Morgan fingerprint density at radius 3 is 2.40 bits per heavy atom. The third kappa shape index (κ3) is 4.73. The van der Waals surface area contributed by atoms with E-state index in [9.17, 15) is 0 Å². The molecule has 0 aromatic heterocycles. The summed E-state index contributed by atoms with van der Waals surface area (Å²) in [6, 6.07) is 0. The fourth-order valence-corrected chi connectivity index (χ4v) is 0.877. The molecule has 0 aromatic rings. The minimum absolute atomic E-state index is 0.292. The van der Waals surface area contributed by atoms with E-state index in [1.165, 1.54) is 0 Å². The Morgan fingerprint density at radius 1 is 1.50 bits per heavy atom. The second kappa shape index (κ2) is 5.65. The van der Waals surface area contributed by atoms with Gasteiger partial charge in [-0.25, -0.2) is 0 Å². The van der Waals surface area contributed by atoms with Gasteiger partial charge in [0.25, 0.3) is 0 Å². The lowest BCUT2D eigenvalue weighted by Gasteiger charge is -2.18. The summed E-state index contributed by atoms with van der Waals surface area (Å²) in [5, 5.41) is 0. The number of likely N-dealkylation sites (N-methyl/N-ethyl adjacent to an activating group) is 1. The van der Waals surface area contributed by atoms with Crippen molar-refractivity contribution in [2.75, 3.05) is 34.3 Å². The van der Waals surface area contributed by atoms with Crippen LogP contribution in [0.5, 0.6) is 0 Å². The molecule has 0 rings (SSSR count). The van der Waals surface area contributed by atoms with Crippen LogP contribution in [0.15, 0.2) is 0 Å². The highest BCUT2D eigenvalue weighted by molar-refractivity contribution is 4.60. The highest BCUT2D eigenvalue weighted by Gasteiger charge is 2.05. The predicted molar refractivity (Wildman–Crippen MR) is 43.0 cm³/mol. The monoisotopic (exact) mass is 146 g/mol. The van der Waals surface area contributed by atoms with Gasteiger partial charge in [0.05, 0.1) is 6.10 Å². The standard InChI is InChI=1S/C7H18N2O/c1-9(2)6-7(10-3)4-5-8/h7H,4-6,8H2,1-3H3. The first-order valence-electron chi connectivity index (χ1n) is 3.58. The first kappa shape index (κ1) is 9.88. The van der Waals surface area contributed by atoms with E-state index < -0.39 is 0 Å². The molecule has 0 saturated heterocycles.